The van der Waals surface area contributed by atoms with E-state index >= 15 is 0 Å². The first-order valence-electron chi connectivity index (χ1n) is 17.3. The molecule has 0 saturated carbocycles. The molecular weight excluding hydrogens is 735 g/mol. The van der Waals surface area contributed by atoms with Gasteiger partial charge in [-0.2, -0.15) is 10.5 Å². The Kier molecular flexibility index (Phi) is 8.68. The van der Waals surface area contributed by atoms with E-state index in [2.05, 4.69) is 167 Å². The monoisotopic (exact) mass is 770 g/mol. The summed E-state index contributed by atoms with van der Waals surface area (Å²) in [4.78, 5) is 4.78. The van der Waals surface area contributed by atoms with Crippen molar-refractivity contribution >= 4 is 50.9 Å². The molecule has 0 N–H and O–H groups in total. The number of rotatable bonds is 7. The minimum absolute atomic E-state index is 0.0268. The van der Waals surface area contributed by atoms with Gasteiger partial charge in [-0.3, -0.25) is 0 Å². The van der Waals surface area contributed by atoms with Gasteiger partial charge in [0.2, 0.25) is 0 Å². The Bertz CT molecular complexity index is 2370. The lowest BCUT2D eigenvalue weighted by Crippen LogP contribution is -2.30. The number of para-hydroxylation sites is 3. The van der Waals surface area contributed by atoms with E-state index < -0.39 is 0 Å². The van der Waals surface area contributed by atoms with Crippen molar-refractivity contribution in [1.29, 1.82) is 10.5 Å². The third-order valence-corrected chi connectivity index (χ3v) is 11.7. The highest BCUT2D eigenvalue weighted by molar-refractivity contribution is 14.1. The highest BCUT2D eigenvalue weighted by Gasteiger charge is 2.41. The minimum atomic E-state index is -0.0997. The van der Waals surface area contributed by atoms with Gasteiger partial charge >= 0.3 is 0 Å². The zero-order valence-corrected chi connectivity index (χ0v) is 30.4. The van der Waals surface area contributed by atoms with E-state index in [9.17, 15) is 10.5 Å². The average molecular weight is 771 g/mol. The van der Waals surface area contributed by atoms with Crippen LogP contribution in [0.3, 0.4) is 0 Å². The molecule has 0 radical (unpaired) electrons. The van der Waals surface area contributed by atoms with Crippen molar-refractivity contribution in [3.8, 4) is 23.3 Å². The van der Waals surface area contributed by atoms with Crippen LogP contribution in [0.4, 0.5) is 22.7 Å². The molecule has 4 unspecified atom stereocenters. The van der Waals surface area contributed by atoms with Crippen LogP contribution in [0.1, 0.15) is 46.6 Å². The smallest absolute Gasteiger partial charge is 0.0998 e. The molecule has 0 amide bonds. The Morgan fingerprint density at radius 1 is 0.843 bits per heavy atom. The second-order valence-corrected chi connectivity index (χ2v) is 14.5. The van der Waals surface area contributed by atoms with Gasteiger partial charge in [0.15, 0.2) is 0 Å². The lowest BCUT2D eigenvalue weighted by molar-refractivity contribution is 0.724. The molecule has 8 rings (SSSR count). The van der Waals surface area contributed by atoms with Gasteiger partial charge in [-0.1, -0.05) is 126 Å². The van der Waals surface area contributed by atoms with Crippen LogP contribution in [0.15, 0.2) is 158 Å². The second-order valence-electron chi connectivity index (χ2n) is 13.1. The summed E-state index contributed by atoms with van der Waals surface area (Å²) in [6.07, 6.45) is 10.3. The van der Waals surface area contributed by atoms with Gasteiger partial charge in [-0.25, -0.2) is 0 Å². The van der Waals surface area contributed by atoms with E-state index in [0.29, 0.717) is 5.56 Å². The molecule has 5 aromatic rings. The quantitative estimate of drug-likeness (QED) is 0.0940. The fraction of sp³-hybridized carbons (Fsp3) is 0.130. The summed E-state index contributed by atoms with van der Waals surface area (Å²) >= 11 is 2.51. The number of alkyl halides is 1. The van der Waals surface area contributed by atoms with Gasteiger partial charge in [-0.05, 0) is 82.8 Å². The van der Waals surface area contributed by atoms with Crippen LogP contribution in [0.5, 0.6) is 0 Å². The molecule has 0 fully saturated rings. The number of halogens is 1. The van der Waals surface area contributed by atoms with E-state index in [1.807, 2.05) is 36.4 Å². The Morgan fingerprint density at radius 2 is 1.55 bits per heavy atom. The topological polar surface area (TPSA) is 54.1 Å². The summed E-state index contributed by atoms with van der Waals surface area (Å²) in [5.74, 6) is -0.148. The van der Waals surface area contributed by atoms with Crippen LogP contribution in [-0.2, 0) is 6.54 Å². The zero-order chi connectivity index (χ0) is 35.1. The summed E-state index contributed by atoms with van der Waals surface area (Å²) in [7, 11) is 0. The predicted molar refractivity (Wildman–Crippen MR) is 218 cm³/mol. The summed E-state index contributed by atoms with van der Waals surface area (Å²) in [5.41, 5.74) is 13.9. The van der Waals surface area contributed by atoms with Crippen LogP contribution in [0, 0.1) is 22.7 Å². The molecule has 0 aromatic heterocycles. The van der Waals surface area contributed by atoms with Gasteiger partial charge in [0.1, 0.15) is 0 Å². The van der Waals surface area contributed by atoms with Crippen LogP contribution < -0.4 is 9.80 Å². The Hall–Kier alpha value is -5.63. The second kappa shape index (κ2) is 13.6. The van der Waals surface area contributed by atoms with E-state index in [1.54, 1.807) is 0 Å². The standard InChI is InChI=1S/C46H35IN4/c1-3-34(39-26-33(25-24-30(39)27-48)51-43-22-12-9-19-38(43)45-31(28-49)15-13-23-44(45)51)46(40(47)4-2)37-18-8-11-21-42(37)50-29-32-14-5-6-16-35(32)36-17-7-10-20-41(36)50/h3-26,40,44-46H,2,29H2,1H3/b34-3-. The normalized spacial score (nSPS) is 18.3. The van der Waals surface area contributed by atoms with Crippen molar-refractivity contribution in [3.05, 3.63) is 186 Å². The van der Waals surface area contributed by atoms with Crippen molar-refractivity contribution in [2.45, 2.75) is 35.3 Å². The van der Waals surface area contributed by atoms with E-state index in [-0.39, 0.29) is 21.8 Å². The number of nitrogens with zero attached hydrogens (tertiary/aromatic N) is 4. The van der Waals surface area contributed by atoms with Crippen LogP contribution in [0.2, 0.25) is 0 Å². The first-order chi connectivity index (χ1) is 25.1. The van der Waals surface area contributed by atoms with Crippen molar-refractivity contribution in [3.63, 3.8) is 0 Å². The SMILES string of the molecule is C=CC(I)C(/C(=C\C)c1cc(N2c3ccccc3C3C(C#N)=CC=CC32)ccc1C#N)c1ccccc1N1Cc2ccccc2-c2ccccc21. The molecule has 3 aliphatic rings. The Labute approximate surface area is 313 Å². The lowest BCUT2D eigenvalue weighted by atomic mass is 9.81. The average Bonchev–Trinajstić information content (AvgIpc) is 3.54. The molecule has 51 heavy (non-hydrogen) atoms. The van der Waals surface area contributed by atoms with E-state index in [0.717, 1.165) is 45.9 Å². The summed E-state index contributed by atoms with van der Waals surface area (Å²) in [6.45, 7) is 7.10. The van der Waals surface area contributed by atoms with E-state index in [1.165, 1.54) is 27.9 Å². The third kappa shape index (κ3) is 5.41. The van der Waals surface area contributed by atoms with Gasteiger partial charge < -0.3 is 9.80 Å². The summed E-state index contributed by atoms with van der Waals surface area (Å²) in [6, 6.07) is 45.5. The minimum Gasteiger partial charge on any atom is -0.336 e. The fourth-order valence-electron chi connectivity index (χ4n) is 8.30. The number of fused-ring (bicyclic) bond motifs is 6. The first-order valence-corrected chi connectivity index (χ1v) is 18.5. The Balaban J connectivity index is 1.27. The fourth-order valence-corrected chi connectivity index (χ4v) is 9.07. The molecule has 2 aliphatic heterocycles. The van der Waals surface area contributed by atoms with Gasteiger partial charge in [0, 0.05) is 56.2 Å². The van der Waals surface area contributed by atoms with Gasteiger partial charge in [0.05, 0.1) is 23.7 Å². The maximum absolute atomic E-state index is 10.6. The molecule has 0 spiro atoms. The molecule has 4 atom stereocenters. The molecule has 5 aromatic carbocycles. The molecule has 0 saturated heterocycles. The van der Waals surface area contributed by atoms with Crippen LogP contribution in [0.25, 0.3) is 16.7 Å². The highest BCUT2D eigenvalue weighted by Crippen LogP contribution is 2.52. The number of nitriles is 2. The summed E-state index contributed by atoms with van der Waals surface area (Å²) < 4.78 is 0.0268. The number of allylic oxidation sites excluding steroid dienone is 5. The van der Waals surface area contributed by atoms with E-state index in [4.69, 9.17) is 0 Å². The molecule has 246 valence electrons. The molecule has 2 heterocycles. The van der Waals surface area contributed by atoms with Crippen molar-refractivity contribution in [1.82, 2.24) is 0 Å². The first kappa shape index (κ1) is 32.6. The van der Waals surface area contributed by atoms with Crippen molar-refractivity contribution in [2.24, 2.45) is 0 Å². The number of benzene rings is 5. The molecule has 0 bridgehead atoms. The Morgan fingerprint density at radius 3 is 2.31 bits per heavy atom. The zero-order valence-electron chi connectivity index (χ0n) is 28.2. The number of hydrogen-bond donors (Lipinski definition) is 0. The molecular formula is C46H35IN4. The van der Waals surface area contributed by atoms with Crippen LogP contribution >= 0.6 is 22.6 Å². The van der Waals surface area contributed by atoms with Crippen LogP contribution in [-0.4, -0.2) is 9.97 Å². The third-order valence-electron chi connectivity index (χ3n) is 10.5. The largest absolute Gasteiger partial charge is 0.336 e. The van der Waals surface area contributed by atoms with Gasteiger partial charge in [-0.15, -0.1) is 6.58 Å². The molecule has 5 heteroatoms. The maximum Gasteiger partial charge on any atom is 0.0998 e. The van der Waals surface area contributed by atoms with Gasteiger partial charge in [0.25, 0.3) is 0 Å². The predicted octanol–water partition coefficient (Wildman–Crippen LogP) is 11.7. The molecule has 1 aliphatic carbocycles. The van der Waals surface area contributed by atoms with Crippen molar-refractivity contribution in [2.75, 3.05) is 9.80 Å². The number of hydrogen-bond acceptors (Lipinski definition) is 4. The summed E-state index contributed by atoms with van der Waals surface area (Å²) in [5, 5.41) is 20.6. The maximum atomic E-state index is 10.6. The number of anilines is 4. The lowest BCUT2D eigenvalue weighted by Gasteiger charge is -2.36. The molecule has 4 nitrogen and oxygen atoms in total. The van der Waals surface area contributed by atoms with Crippen molar-refractivity contribution < 1.29 is 0 Å². The highest BCUT2D eigenvalue weighted by atomic mass is 127.